The van der Waals surface area contributed by atoms with E-state index in [1.807, 2.05) is 0 Å². The molecule has 0 fully saturated rings. The lowest BCUT2D eigenvalue weighted by molar-refractivity contribution is -0.132. The molecule has 0 saturated heterocycles. The first-order valence-corrected chi connectivity index (χ1v) is 5.50. The molecule has 4 nitrogen and oxygen atoms in total. The van der Waals surface area contributed by atoms with Crippen LogP contribution in [0.1, 0.15) is 20.8 Å². The molecule has 0 unspecified atom stereocenters. The van der Waals surface area contributed by atoms with Crippen LogP contribution in [-0.4, -0.2) is 49.7 Å². The van der Waals surface area contributed by atoms with Crippen molar-refractivity contribution in [3.63, 3.8) is 0 Å². The molecule has 0 atom stereocenters. The van der Waals surface area contributed by atoms with Gasteiger partial charge < -0.3 is 15.3 Å². The maximum absolute atomic E-state index is 10.5. The number of hydrogen-bond acceptors (Lipinski definition) is 3. The molecule has 0 aromatic heterocycles. The topological polar surface area (TPSA) is 52.6 Å². The second kappa shape index (κ2) is 6.66. The molecule has 4 heteroatoms. The molecular weight excluding hydrogens is 204 g/mol. The monoisotopic (exact) mass is 228 g/mol. The molecule has 0 aromatic carbocycles. The highest BCUT2D eigenvalue weighted by Crippen LogP contribution is 2.13. The Hall–Kier alpha value is -0.870. The Bertz CT molecular complexity index is 258. The van der Waals surface area contributed by atoms with Crippen molar-refractivity contribution in [3.8, 4) is 0 Å². The van der Waals surface area contributed by atoms with Crippen LogP contribution in [0.15, 0.2) is 11.6 Å². The first-order chi connectivity index (χ1) is 7.24. The Balaban J connectivity index is 3.90. The number of carbonyl (C=O) groups is 1. The second-order valence-corrected chi connectivity index (χ2v) is 5.23. The van der Waals surface area contributed by atoms with Gasteiger partial charge in [-0.1, -0.05) is 19.9 Å². The quantitative estimate of drug-likeness (QED) is 0.508. The van der Waals surface area contributed by atoms with Crippen molar-refractivity contribution >= 4 is 5.97 Å². The van der Waals surface area contributed by atoms with Crippen LogP contribution < -0.4 is 5.32 Å². The third kappa shape index (κ3) is 7.43. The molecule has 0 aromatic rings. The second-order valence-electron chi connectivity index (χ2n) is 5.23. The summed E-state index contributed by atoms with van der Waals surface area (Å²) in [5.74, 6) is -0.852. The summed E-state index contributed by atoms with van der Waals surface area (Å²) in [5, 5.41) is 11.9. The standard InChI is InChI=1S/C12H24N2O2/c1-10(11(15)16)6-7-13-8-12(2,3)9-14(4)5/h6,13H,7-9H2,1-5H3,(H,15,16)/b10-6-. The molecule has 0 aliphatic carbocycles. The van der Waals surface area contributed by atoms with E-state index in [1.54, 1.807) is 13.0 Å². The average molecular weight is 228 g/mol. The summed E-state index contributed by atoms with van der Waals surface area (Å²) in [5.41, 5.74) is 0.576. The Kier molecular flexibility index (Phi) is 6.29. The number of rotatable bonds is 7. The van der Waals surface area contributed by atoms with Crippen molar-refractivity contribution in [2.45, 2.75) is 20.8 Å². The summed E-state index contributed by atoms with van der Waals surface area (Å²) in [6, 6.07) is 0. The lowest BCUT2D eigenvalue weighted by Gasteiger charge is -2.28. The highest BCUT2D eigenvalue weighted by molar-refractivity contribution is 5.85. The van der Waals surface area contributed by atoms with E-state index >= 15 is 0 Å². The summed E-state index contributed by atoms with van der Waals surface area (Å²) in [6.45, 7) is 8.46. The molecule has 0 radical (unpaired) electrons. The molecule has 0 heterocycles. The maximum atomic E-state index is 10.5. The number of carboxylic acids is 1. The molecule has 0 saturated carbocycles. The van der Waals surface area contributed by atoms with Crippen LogP contribution >= 0.6 is 0 Å². The first kappa shape index (κ1) is 15.1. The molecule has 0 spiro atoms. The van der Waals surface area contributed by atoms with E-state index in [9.17, 15) is 4.79 Å². The Morgan fingerprint density at radius 3 is 2.44 bits per heavy atom. The molecule has 94 valence electrons. The highest BCUT2D eigenvalue weighted by atomic mass is 16.4. The van der Waals surface area contributed by atoms with E-state index in [0.717, 1.165) is 13.1 Å². The van der Waals surface area contributed by atoms with Gasteiger partial charge in [0.1, 0.15) is 0 Å². The lowest BCUT2D eigenvalue weighted by Crippen LogP contribution is -2.37. The van der Waals surface area contributed by atoms with E-state index in [4.69, 9.17) is 5.11 Å². The minimum atomic E-state index is -0.852. The zero-order valence-electron chi connectivity index (χ0n) is 11.0. The van der Waals surface area contributed by atoms with Gasteiger partial charge >= 0.3 is 5.97 Å². The van der Waals surface area contributed by atoms with Gasteiger partial charge in [-0.05, 0) is 26.4 Å². The van der Waals surface area contributed by atoms with E-state index in [-0.39, 0.29) is 5.41 Å². The van der Waals surface area contributed by atoms with Crippen LogP contribution in [0.5, 0.6) is 0 Å². The SMILES string of the molecule is C/C(=C/CNCC(C)(C)CN(C)C)C(=O)O. The molecule has 16 heavy (non-hydrogen) atoms. The van der Waals surface area contributed by atoms with Gasteiger partial charge in [-0.25, -0.2) is 4.79 Å². The van der Waals surface area contributed by atoms with Gasteiger partial charge in [0, 0.05) is 25.2 Å². The summed E-state index contributed by atoms with van der Waals surface area (Å²) in [7, 11) is 4.10. The smallest absolute Gasteiger partial charge is 0.330 e. The maximum Gasteiger partial charge on any atom is 0.330 e. The van der Waals surface area contributed by atoms with Crippen LogP contribution in [-0.2, 0) is 4.79 Å². The Labute approximate surface area is 98.3 Å². The molecular formula is C12H24N2O2. The van der Waals surface area contributed by atoms with Gasteiger partial charge in [-0.15, -0.1) is 0 Å². The van der Waals surface area contributed by atoms with Gasteiger partial charge in [0.2, 0.25) is 0 Å². The van der Waals surface area contributed by atoms with Crippen LogP contribution in [0.2, 0.25) is 0 Å². The molecule has 0 amide bonds. The summed E-state index contributed by atoms with van der Waals surface area (Å²) < 4.78 is 0. The van der Waals surface area contributed by atoms with Crippen LogP contribution in [0, 0.1) is 5.41 Å². The molecule has 0 bridgehead atoms. The highest BCUT2D eigenvalue weighted by Gasteiger charge is 2.17. The fourth-order valence-electron chi connectivity index (χ4n) is 1.64. The minimum absolute atomic E-state index is 0.189. The zero-order valence-corrected chi connectivity index (χ0v) is 11.0. The molecule has 0 rings (SSSR count). The third-order valence-corrected chi connectivity index (χ3v) is 2.24. The van der Waals surface area contributed by atoms with Crippen LogP contribution in [0.4, 0.5) is 0 Å². The van der Waals surface area contributed by atoms with E-state index in [0.29, 0.717) is 12.1 Å². The summed E-state index contributed by atoms with van der Waals surface area (Å²) in [6.07, 6.45) is 1.70. The van der Waals surface area contributed by atoms with Crippen molar-refractivity contribution < 1.29 is 9.90 Å². The summed E-state index contributed by atoms with van der Waals surface area (Å²) >= 11 is 0. The predicted octanol–water partition coefficient (Wildman–Crippen LogP) is 1.19. The third-order valence-electron chi connectivity index (χ3n) is 2.24. The first-order valence-electron chi connectivity index (χ1n) is 5.50. The molecule has 0 aliphatic heterocycles. The molecule has 0 aliphatic rings. The van der Waals surface area contributed by atoms with E-state index in [2.05, 4.69) is 38.2 Å². The van der Waals surface area contributed by atoms with E-state index < -0.39 is 5.97 Å². The Morgan fingerprint density at radius 2 is 2.00 bits per heavy atom. The van der Waals surface area contributed by atoms with Crippen LogP contribution in [0.25, 0.3) is 0 Å². The van der Waals surface area contributed by atoms with Crippen molar-refractivity contribution in [2.24, 2.45) is 5.41 Å². The molecule has 2 N–H and O–H groups in total. The number of nitrogens with one attached hydrogen (secondary N) is 1. The normalized spacial score (nSPS) is 13.2. The predicted molar refractivity (Wildman–Crippen MR) is 66.6 cm³/mol. The number of hydrogen-bond donors (Lipinski definition) is 2. The van der Waals surface area contributed by atoms with Gasteiger partial charge in [0.05, 0.1) is 0 Å². The van der Waals surface area contributed by atoms with Crippen molar-refractivity contribution in [2.75, 3.05) is 33.7 Å². The largest absolute Gasteiger partial charge is 0.478 e. The fourth-order valence-corrected chi connectivity index (χ4v) is 1.64. The zero-order chi connectivity index (χ0) is 12.8. The number of nitrogens with zero attached hydrogens (tertiary/aromatic N) is 1. The lowest BCUT2D eigenvalue weighted by atomic mass is 9.93. The minimum Gasteiger partial charge on any atom is -0.478 e. The Morgan fingerprint density at radius 1 is 1.44 bits per heavy atom. The fraction of sp³-hybridized carbons (Fsp3) is 0.750. The summed E-state index contributed by atoms with van der Waals surface area (Å²) in [4.78, 5) is 12.7. The number of aliphatic carboxylic acids is 1. The average Bonchev–Trinajstić information content (AvgIpc) is 2.09. The van der Waals surface area contributed by atoms with Crippen molar-refractivity contribution in [3.05, 3.63) is 11.6 Å². The van der Waals surface area contributed by atoms with Crippen molar-refractivity contribution in [1.82, 2.24) is 10.2 Å². The van der Waals surface area contributed by atoms with E-state index in [1.165, 1.54) is 0 Å². The van der Waals surface area contributed by atoms with Crippen LogP contribution in [0.3, 0.4) is 0 Å². The van der Waals surface area contributed by atoms with Crippen molar-refractivity contribution in [1.29, 1.82) is 0 Å². The van der Waals surface area contributed by atoms with Gasteiger partial charge in [-0.2, -0.15) is 0 Å². The van der Waals surface area contributed by atoms with Gasteiger partial charge in [-0.3, -0.25) is 0 Å². The van der Waals surface area contributed by atoms with Gasteiger partial charge in [0.15, 0.2) is 0 Å². The number of carboxylic acid groups (broad SMARTS) is 1. The van der Waals surface area contributed by atoms with Gasteiger partial charge in [0.25, 0.3) is 0 Å².